The van der Waals surface area contributed by atoms with Gasteiger partial charge in [-0.2, -0.15) is 0 Å². The number of carbonyl (C=O) groups is 3. The fourth-order valence-electron chi connectivity index (χ4n) is 6.34. The number of nitrogens with one attached hydrogen (secondary N) is 1. The number of nitrogens with zero attached hydrogens (tertiary/aromatic N) is 3. The van der Waals surface area contributed by atoms with Crippen molar-refractivity contribution in [3.8, 4) is 16.9 Å². The van der Waals surface area contributed by atoms with Gasteiger partial charge in [-0.1, -0.05) is 6.07 Å². The quantitative estimate of drug-likeness (QED) is 0.203. The molecule has 260 valence electrons. The highest BCUT2D eigenvalue weighted by atomic mass is 32.1. The number of carbonyl (C=O) groups excluding carboxylic acids is 3. The van der Waals surface area contributed by atoms with Crippen LogP contribution in [0.4, 0.5) is 13.6 Å². The van der Waals surface area contributed by atoms with Gasteiger partial charge in [0, 0.05) is 49.9 Å². The summed E-state index contributed by atoms with van der Waals surface area (Å²) >= 11 is 0.955. The molecule has 1 saturated carbocycles. The van der Waals surface area contributed by atoms with Crippen LogP contribution >= 0.6 is 11.3 Å². The molecule has 3 amide bonds. The summed E-state index contributed by atoms with van der Waals surface area (Å²) in [5, 5.41) is 2.70. The van der Waals surface area contributed by atoms with Crippen molar-refractivity contribution in [3.05, 3.63) is 82.0 Å². The zero-order chi connectivity index (χ0) is 35.6. The second kappa shape index (κ2) is 14.5. The lowest BCUT2D eigenvalue weighted by molar-refractivity contribution is 0.0144. The van der Waals surface area contributed by atoms with Crippen molar-refractivity contribution < 1.29 is 32.6 Å². The minimum absolute atomic E-state index is 0.0728. The molecule has 1 aliphatic rings. The Labute approximate surface area is 289 Å². The number of fused-ring (bicyclic) bond motifs is 1. The number of aryl methyl sites for hydroxylation is 1. The monoisotopic (exact) mass is 692 g/mol. The van der Waals surface area contributed by atoms with Gasteiger partial charge in [0.05, 0.1) is 16.7 Å². The zero-order valence-corrected chi connectivity index (χ0v) is 29.7. The van der Waals surface area contributed by atoms with E-state index >= 15 is 0 Å². The van der Waals surface area contributed by atoms with Gasteiger partial charge >= 0.3 is 6.09 Å². The first kappa shape index (κ1) is 35.7. The minimum Gasteiger partial charge on any atom is -0.496 e. The summed E-state index contributed by atoms with van der Waals surface area (Å²) in [6.07, 6.45) is 3.63. The Morgan fingerprint density at radius 2 is 1.63 bits per heavy atom. The number of hydrogen-bond donors (Lipinski definition) is 1. The molecule has 0 aliphatic heterocycles. The highest BCUT2D eigenvalue weighted by molar-refractivity contribution is 7.21. The molecule has 0 atom stereocenters. The van der Waals surface area contributed by atoms with Gasteiger partial charge in [-0.15, -0.1) is 11.3 Å². The summed E-state index contributed by atoms with van der Waals surface area (Å²) in [4.78, 5) is 47.5. The van der Waals surface area contributed by atoms with Crippen LogP contribution in [0.15, 0.2) is 48.7 Å². The van der Waals surface area contributed by atoms with Crippen LogP contribution in [0.2, 0.25) is 0 Å². The van der Waals surface area contributed by atoms with E-state index in [4.69, 9.17) is 9.47 Å². The molecule has 4 aromatic rings. The Morgan fingerprint density at radius 3 is 2.27 bits per heavy atom. The largest absolute Gasteiger partial charge is 0.496 e. The third kappa shape index (κ3) is 7.69. The van der Waals surface area contributed by atoms with Gasteiger partial charge in [0.15, 0.2) is 0 Å². The summed E-state index contributed by atoms with van der Waals surface area (Å²) in [6.45, 7) is 7.27. The van der Waals surface area contributed by atoms with Crippen LogP contribution in [0.25, 0.3) is 21.2 Å². The second-order valence-corrected chi connectivity index (χ2v) is 14.3. The zero-order valence-electron chi connectivity index (χ0n) is 28.9. The van der Waals surface area contributed by atoms with Crippen molar-refractivity contribution in [2.24, 2.45) is 0 Å². The van der Waals surface area contributed by atoms with Crippen molar-refractivity contribution in [2.75, 3.05) is 21.2 Å². The summed E-state index contributed by atoms with van der Waals surface area (Å²) < 4.78 is 41.2. The van der Waals surface area contributed by atoms with E-state index in [2.05, 4.69) is 10.3 Å². The molecule has 1 fully saturated rings. The molecule has 12 heteroatoms. The Hall–Kier alpha value is -4.58. The van der Waals surface area contributed by atoms with E-state index in [-0.39, 0.29) is 51.1 Å². The molecule has 5 rings (SSSR count). The van der Waals surface area contributed by atoms with Gasteiger partial charge in [0.2, 0.25) is 0 Å². The summed E-state index contributed by atoms with van der Waals surface area (Å²) in [6, 6.07) is 10.9. The van der Waals surface area contributed by atoms with Crippen LogP contribution in [0.5, 0.6) is 5.75 Å². The van der Waals surface area contributed by atoms with Gasteiger partial charge < -0.3 is 24.6 Å². The smallest absolute Gasteiger partial charge is 0.410 e. The first-order valence-electron chi connectivity index (χ1n) is 16.2. The van der Waals surface area contributed by atoms with Gasteiger partial charge in [0.25, 0.3) is 11.8 Å². The third-order valence-electron chi connectivity index (χ3n) is 8.94. The molecule has 2 aromatic carbocycles. The highest BCUT2D eigenvalue weighted by Crippen LogP contribution is 2.38. The molecule has 0 radical (unpaired) electrons. The van der Waals surface area contributed by atoms with Crippen molar-refractivity contribution in [3.63, 3.8) is 0 Å². The lowest BCUT2D eigenvalue weighted by Crippen LogP contribution is -2.47. The molecule has 2 heterocycles. The topological polar surface area (TPSA) is 101 Å². The summed E-state index contributed by atoms with van der Waals surface area (Å²) in [5.41, 5.74) is 2.30. The number of methoxy groups -OCH3 is 1. The third-order valence-corrected chi connectivity index (χ3v) is 10.2. The van der Waals surface area contributed by atoms with Crippen LogP contribution in [-0.2, 0) is 11.3 Å². The van der Waals surface area contributed by atoms with Gasteiger partial charge in [-0.25, -0.2) is 13.6 Å². The second-order valence-electron chi connectivity index (χ2n) is 13.3. The molecular weight excluding hydrogens is 650 g/mol. The molecule has 2 aromatic heterocycles. The molecule has 0 saturated heterocycles. The number of halogens is 2. The standard InChI is InChI=1S/C37H42F2N4O5S/c1-21-31-27(38)13-14-28(39)33(31)49-32(21)35(45)43(26-11-9-25(10-12-26)42(6)36(46)48-37(2,3)4)20-24-18-22(8-15-30(24)47-7)23-16-17-41-29(19-23)34(44)40-5/h8,13-19,25-26H,9-12,20H2,1-7H3,(H,40,44). The predicted octanol–water partition coefficient (Wildman–Crippen LogP) is 7.74. The number of aromatic nitrogens is 1. The molecule has 0 spiro atoms. The molecule has 49 heavy (non-hydrogen) atoms. The Kier molecular flexibility index (Phi) is 10.6. The van der Waals surface area contributed by atoms with E-state index in [0.717, 1.165) is 40.2 Å². The Morgan fingerprint density at radius 1 is 0.980 bits per heavy atom. The lowest BCUT2D eigenvalue weighted by atomic mass is 9.89. The van der Waals surface area contributed by atoms with E-state index in [1.165, 1.54) is 7.05 Å². The summed E-state index contributed by atoms with van der Waals surface area (Å²) in [7, 11) is 4.83. The molecular formula is C37H42F2N4O5S. The number of rotatable bonds is 8. The fraction of sp³-hybridized carbons (Fsp3) is 0.405. The van der Waals surface area contributed by atoms with E-state index in [1.807, 2.05) is 39.0 Å². The average Bonchev–Trinajstić information content (AvgIpc) is 3.45. The lowest BCUT2D eigenvalue weighted by Gasteiger charge is -2.40. The van der Waals surface area contributed by atoms with Gasteiger partial charge in [-0.3, -0.25) is 14.6 Å². The van der Waals surface area contributed by atoms with Crippen molar-refractivity contribution in [2.45, 2.75) is 77.6 Å². The SMILES string of the molecule is CNC(=O)c1cc(-c2ccc(OC)c(CN(C(=O)c3sc4c(F)ccc(F)c4c3C)C3CCC(N(C)C(=O)OC(C)(C)C)CC3)c2)ccn1. The number of benzene rings is 2. The maximum Gasteiger partial charge on any atom is 0.410 e. The van der Waals surface area contributed by atoms with Crippen molar-refractivity contribution in [1.82, 2.24) is 20.1 Å². The summed E-state index contributed by atoms with van der Waals surface area (Å²) in [5.74, 6) is -1.25. The Bertz CT molecular complexity index is 1880. The average molecular weight is 693 g/mol. The Balaban J connectivity index is 1.51. The maximum atomic E-state index is 14.9. The number of amides is 3. The van der Waals surface area contributed by atoms with Crippen molar-refractivity contribution in [1.29, 1.82) is 0 Å². The minimum atomic E-state index is -0.624. The maximum absolute atomic E-state index is 14.9. The van der Waals surface area contributed by atoms with E-state index in [0.29, 0.717) is 37.0 Å². The van der Waals surface area contributed by atoms with Gasteiger partial charge in [0.1, 0.15) is 28.7 Å². The molecule has 0 bridgehead atoms. The van der Waals surface area contributed by atoms with Crippen LogP contribution in [-0.4, -0.2) is 71.6 Å². The van der Waals surface area contributed by atoms with Gasteiger partial charge in [-0.05, 0) is 106 Å². The number of ether oxygens (including phenoxy) is 2. The highest BCUT2D eigenvalue weighted by Gasteiger charge is 2.35. The number of pyridine rings is 1. The van der Waals surface area contributed by atoms with Crippen LogP contribution < -0.4 is 10.1 Å². The molecule has 9 nitrogen and oxygen atoms in total. The molecule has 1 N–H and O–H groups in total. The first-order valence-corrected chi connectivity index (χ1v) is 17.0. The number of thiophene rings is 1. The van der Waals surface area contributed by atoms with Crippen LogP contribution in [0, 0.1) is 18.6 Å². The fourth-order valence-corrected chi connectivity index (χ4v) is 7.53. The number of hydrogen-bond acceptors (Lipinski definition) is 7. The predicted molar refractivity (Wildman–Crippen MR) is 186 cm³/mol. The van der Waals surface area contributed by atoms with E-state index < -0.39 is 23.3 Å². The van der Waals surface area contributed by atoms with Crippen molar-refractivity contribution >= 4 is 39.3 Å². The first-order chi connectivity index (χ1) is 23.2. The molecule has 1 aliphatic carbocycles. The molecule has 0 unspecified atom stereocenters. The van der Waals surface area contributed by atoms with Crippen LogP contribution in [0.1, 0.15) is 77.7 Å². The normalized spacial score (nSPS) is 16.3. The van der Waals surface area contributed by atoms with Crippen LogP contribution in [0.3, 0.4) is 0 Å². The van der Waals surface area contributed by atoms with E-state index in [1.54, 1.807) is 49.2 Å². The van der Waals surface area contributed by atoms with E-state index in [9.17, 15) is 23.2 Å².